The van der Waals surface area contributed by atoms with Crippen molar-refractivity contribution in [2.45, 2.75) is 51.1 Å². The van der Waals surface area contributed by atoms with Crippen LogP contribution >= 0.6 is 0 Å². The molecule has 1 saturated carbocycles. The van der Waals surface area contributed by atoms with Crippen molar-refractivity contribution in [3.05, 3.63) is 0 Å². The molecule has 2 fully saturated rings. The average Bonchev–Trinajstić information content (AvgIpc) is 2.30. The van der Waals surface area contributed by atoms with E-state index in [0.717, 1.165) is 18.0 Å². The molecule has 1 aliphatic carbocycles. The van der Waals surface area contributed by atoms with Crippen molar-refractivity contribution in [1.82, 2.24) is 4.90 Å². The highest BCUT2D eigenvalue weighted by Crippen LogP contribution is 2.38. The van der Waals surface area contributed by atoms with Crippen LogP contribution in [0, 0.1) is 5.92 Å². The SMILES string of the molecule is C[C@@H]1C[C@@H]2CCCC[C@@H]2N1C. The summed E-state index contributed by atoms with van der Waals surface area (Å²) in [5, 5.41) is 0. The summed E-state index contributed by atoms with van der Waals surface area (Å²) in [6, 6.07) is 1.79. The maximum atomic E-state index is 2.60. The molecule has 2 aliphatic rings. The molecule has 0 aromatic heterocycles. The van der Waals surface area contributed by atoms with Gasteiger partial charge in [-0.1, -0.05) is 12.8 Å². The highest BCUT2D eigenvalue weighted by Gasteiger charge is 2.37. The summed E-state index contributed by atoms with van der Waals surface area (Å²) in [7, 11) is 2.31. The molecule has 1 heterocycles. The van der Waals surface area contributed by atoms with Crippen molar-refractivity contribution >= 4 is 0 Å². The number of likely N-dealkylation sites (tertiary alicyclic amines) is 1. The number of hydrogen-bond acceptors (Lipinski definition) is 1. The van der Waals surface area contributed by atoms with Crippen LogP contribution in [0.2, 0.25) is 0 Å². The lowest BCUT2D eigenvalue weighted by Crippen LogP contribution is -2.34. The number of rotatable bonds is 0. The first kappa shape index (κ1) is 7.60. The zero-order valence-electron chi connectivity index (χ0n) is 7.71. The van der Waals surface area contributed by atoms with Crippen LogP contribution in [-0.2, 0) is 0 Å². The molecule has 1 nitrogen and oxygen atoms in total. The smallest absolute Gasteiger partial charge is 0.0124 e. The summed E-state index contributed by atoms with van der Waals surface area (Å²) in [6.45, 7) is 2.37. The van der Waals surface area contributed by atoms with E-state index in [0.29, 0.717) is 0 Å². The molecular formula is C10H19N. The van der Waals surface area contributed by atoms with Gasteiger partial charge in [0.05, 0.1) is 0 Å². The topological polar surface area (TPSA) is 3.24 Å². The molecule has 2 rings (SSSR count). The van der Waals surface area contributed by atoms with Gasteiger partial charge in [0.15, 0.2) is 0 Å². The first-order valence-electron chi connectivity index (χ1n) is 5.01. The predicted molar refractivity (Wildman–Crippen MR) is 47.6 cm³/mol. The Morgan fingerprint density at radius 2 is 1.91 bits per heavy atom. The summed E-state index contributed by atoms with van der Waals surface area (Å²) < 4.78 is 0. The molecule has 0 amide bonds. The Hall–Kier alpha value is -0.0400. The second-order valence-electron chi connectivity index (χ2n) is 4.36. The van der Waals surface area contributed by atoms with Crippen LogP contribution in [0.5, 0.6) is 0 Å². The van der Waals surface area contributed by atoms with E-state index in [9.17, 15) is 0 Å². The third kappa shape index (κ3) is 1.20. The zero-order valence-corrected chi connectivity index (χ0v) is 7.71. The normalized spacial score (nSPS) is 45.8. The minimum atomic E-state index is 0.850. The van der Waals surface area contributed by atoms with E-state index in [4.69, 9.17) is 0 Å². The second-order valence-corrected chi connectivity index (χ2v) is 4.36. The molecular weight excluding hydrogens is 134 g/mol. The van der Waals surface area contributed by atoms with Crippen molar-refractivity contribution in [3.8, 4) is 0 Å². The first-order chi connectivity index (χ1) is 5.29. The lowest BCUT2D eigenvalue weighted by atomic mass is 9.85. The van der Waals surface area contributed by atoms with Crippen molar-refractivity contribution in [3.63, 3.8) is 0 Å². The Morgan fingerprint density at radius 3 is 2.64 bits per heavy atom. The van der Waals surface area contributed by atoms with Gasteiger partial charge in [-0.3, -0.25) is 0 Å². The molecule has 0 aromatic carbocycles. The van der Waals surface area contributed by atoms with Gasteiger partial charge in [0.1, 0.15) is 0 Å². The third-order valence-electron chi connectivity index (χ3n) is 3.73. The molecule has 1 saturated heterocycles. The van der Waals surface area contributed by atoms with Crippen LogP contribution in [0.25, 0.3) is 0 Å². The Labute approximate surface area is 69.8 Å². The van der Waals surface area contributed by atoms with Crippen LogP contribution in [-0.4, -0.2) is 24.0 Å². The molecule has 0 aromatic rings. The first-order valence-corrected chi connectivity index (χ1v) is 5.01. The summed E-state index contributed by atoms with van der Waals surface area (Å²) in [6.07, 6.45) is 7.38. The van der Waals surface area contributed by atoms with Gasteiger partial charge in [-0.2, -0.15) is 0 Å². The van der Waals surface area contributed by atoms with Crippen LogP contribution in [0.3, 0.4) is 0 Å². The van der Waals surface area contributed by atoms with Gasteiger partial charge in [-0.15, -0.1) is 0 Å². The quantitative estimate of drug-likeness (QED) is 0.516. The fraction of sp³-hybridized carbons (Fsp3) is 1.00. The van der Waals surface area contributed by atoms with E-state index in [1.54, 1.807) is 0 Å². The van der Waals surface area contributed by atoms with Gasteiger partial charge >= 0.3 is 0 Å². The molecule has 1 aliphatic heterocycles. The van der Waals surface area contributed by atoms with Gasteiger partial charge in [-0.25, -0.2) is 0 Å². The maximum Gasteiger partial charge on any atom is 0.0124 e. The molecule has 64 valence electrons. The van der Waals surface area contributed by atoms with Gasteiger partial charge in [0.25, 0.3) is 0 Å². The Bertz CT molecular complexity index is 144. The molecule has 0 unspecified atom stereocenters. The van der Waals surface area contributed by atoms with E-state index in [2.05, 4.69) is 18.9 Å². The number of hydrogen-bond donors (Lipinski definition) is 0. The van der Waals surface area contributed by atoms with Crippen molar-refractivity contribution < 1.29 is 0 Å². The van der Waals surface area contributed by atoms with Crippen molar-refractivity contribution in [2.24, 2.45) is 5.92 Å². The molecule has 0 radical (unpaired) electrons. The summed E-state index contributed by atoms with van der Waals surface area (Å²) in [4.78, 5) is 2.60. The molecule has 0 bridgehead atoms. The van der Waals surface area contributed by atoms with Crippen LogP contribution < -0.4 is 0 Å². The van der Waals surface area contributed by atoms with Crippen molar-refractivity contribution in [1.29, 1.82) is 0 Å². The van der Waals surface area contributed by atoms with Gasteiger partial charge < -0.3 is 4.90 Å². The maximum absolute atomic E-state index is 2.60. The molecule has 0 N–H and O–H groups in total. The van der Waals surface area contributed by atoms with Crippen LogP contribution in [0.15, 0.2) is 0 Å². The lowest BCUT2D eigenvalue weighted by molar-refractivity contribution is 0.192. The lowest BCUT2D eigenvalue weighted by Gasteiger charge is -2.30. The average molecular weight is 153 g/mol. The summed E-state index contributed by atoms with van der Waals surface area (Å²) >= 11 is 0. The number of nitrogens with zero attached hydrogens (tertiary/aromatic N) is 1. The highest BCUT2D eigenvalue weighted by atomic mass is 15.2. The Kier molecular flexibility index (Phi) is 1.92. The molecule has 0 spiro atoms. The van der Waals surface area contributed by atoms with E-state index < -0.39 is 0 Å². The van der Waals surface area contributed by atoms with Crippen LogP contribution in [0.1, 0.15) is 39.0 Å². The van der Waals surface area contributed by atoms with Gasteiger partial charge in [0, 0.05) is 12.1 Å². The Morgan fingerprint density at radius 1 is 1.18 bits per heavy atom. The minimum absolute atomic E-state index is 0.850. The van der Waals surface area contributed by atoms with E-state index in [1.165, 1.54) is 32.1 Å². The largest absolute Gasteiger partial charge is 0.300 e. The van der Waals surface area contributed by atoms with E-state index in [-0.39, 0.29) is 0 Å². The van der Waals surface area contributed by atoms with Crippen molar-refractivity contribution in [2.75, 3.05) is 7.05 Å². The second kappa shape index (κ2) is 2.78. The molecule has 1 heteroatoms. The van der Waals surface area contributed by atoms with Gasteiger partial charge in [0.2, 0.25) is 0 Å². The Balaban J connectivity index is 2.05. The van der Waals surface area contributed by atoms with Crippen LogP contribution in [0.4, 0.5) is 0 Å². The summed E-state index contributed by atoms with van der Waals surface area (Å²) in [5.41, 5.74) is 0. The van der Waals surface area contributed by atoms with Gasteiger partial charge in [-0.05, 0) is 39.2 Å². The monoisotopic (exact) mass is 153 g/mol. The fourth-order valence-corrected chi connectivity index (χ4v) is 2.93. The number of fused-ring (bicyclic) bond motifs is 1. The summed E-state index contributed by atoms with van der Waals surface area (Å²) in [5.74, 6) is 1.05. The fourth-order valence-electron chi connectivity index (χ4n) is 2.93. The highest BCUT2D eigenvalue weighted by molar-refractivity contribution is 4.92. The molecule has 3 atom stereocenters. The molecule has 11 heavy (non-hydrogen) atoms. The minimum Gasteiger partial charge on any atom is -0.300 e. The van der Waals surface area contributed by atoms with E-state index in [1.807, 2.05) is 0 Å². The predicted octanol–water partition coefficient (Wildman–Crippen LogP) is 2.27. The third-order valence-corrected chi connectivity index (χ3v) is 3.73. The standard InChI is InChI=1S/C10H19N/c1-8-7-9-5-3-4-6-10(9)11(8)2/h8-10H,3-7H2,1-2H3/t8-,9+,10+/m1/s1. The zero-order chi connectivity index (χ0) is 7.84. The van der Waals surface area contributed by atoms with E-state index >= 15 is 0 Å².